The van der Waals surface area contributed by atoms with Gasteiger partial charge < -0.3 is 14.5 Å². The fourth-order valence-corrected chi connectivity index (χ4v) is 4.10. The molecule has 0 aromatic heterocycles. The molecule has 1 aromatic carbocycles. The standard InChI is InChI=1S/C22H26F3N3O2/c1-5-17(22(23,24)25)18(26-2)11-15-10-14-12-19(28-8-6-27(3)7-9-28)20(30-4)13-16(14)21(15)29/h5,12-13,15H,1-2,6-11H2,3-4H3/b18-17+. The number of halogens is 3. The largest absolute Gasteiger partial charge is 0.495 e. The quantitative estimate of drug-likeness (QED) is 0.516. The lowest BCUT2D eigenvalue weighted by Crippen LogP contribution is -2.44. The van der Waals surface area contributed by atoms with Gasteiger partial charge in [0.05, 0.1) is 24.1 Å². The third-order valence-corrected chi connectivity index (χ3v) is 5.80. The van der Waals surface area contributed by atoms with E-state index in [0.29, 0.717) is 17.7 Å². The zero-order chi connectivity index (χ0) is 22.1. The second-order valence-corrected chi connectivity index (χ2v) is 7.66. The number of ketones is 1. The molecule has 1 unspecified atom stereocenters. The Morgan fingerprint density at radius 3 is 2.50 bits per heavy atom. The number of benzene rings is 1. The van der Waals surface area contributed by atoms with Crippen LogP contribution >= 0.6 is 0 Å². The monoisotopic (exact) mass is 421 g/mol. The van der Waals surface area contributed by atoms with Crippen LogP contribution in [-0.4, -0.2) is 63.9 Å². The minimum atomic E-state index is -4.59. The number of piperazine rings is 1. The van der Waals surface area contributed by atoms with Gasteiger partial charge in [-0.05, 0) is 37.9 Å². The fraction of sp³-hybridized carbons (Fsp3) is 0.455. The van der Waals surface area contributed by atoms with Gasteiger partial charge in [0.25, 0.3) is 0 Å². The number of nitrogens with zero attached hydrogens (tertiary/aromatic N) is 3. The molecule has 1 aliphatic heterocycles. The summed E-state index contributed by atoms with van der Waals surface area (Å²) in [5.41, 5.74) is 1.05. The normalized spacial score (nSPS) is 20.6. The van der Waals surface area contributed by atoms with Crippen LogP contribution in [0.15, 0.2) is 41.1 Å². The van der Waals surface area contributed by atoms with E-state index in [4.69, 9.17) is 4.74 Å². The molecule has 2 aliphatic rings. The van der Waals surface area contributed by atoms with Crippen molar-refractivity contribution in [3.8, 4) is 5.75 Å². The lowest BCUT2D eigenvalue weighted by atomic mass is 9.96. The van der Waals surface area contributed by atoms with Crippen LogP contribution in [-0.2, 0) is 6.42 Å². The number of allylic oxidation sites excluding steroid dienone is 3. The highest BCUT2D eigenvalue weighted by Crippen LogP contribution is 2.40. The van der Waals surface area contributed by atoms with Gasteiger partial charge in [-0.25, -0.2) is 0 Å². The van der Waals surface area contributed by atoms with Crippen LogP contribution in [0.1, 0.15) is 22.3 Å². The van der Waals surface area contributed by atoms with Crippen LogP contribution in [0.4, 0.5) is 18.9 Å². The Hall–Kier alpha value is -2.61. The third-order valence-electron chi connectivity index (χ3n) is 5.80. The SMILES string of the molecule is C=C/C(=C(/CC1Cc2cc(N3CCN(C)CC3)c(OC)cc2C1=O)N=C)C(F)(F)F. The second kappa shape index (κ2) is 8.63. The first kappa shape index (κ1) is 22.1. The first-order valence-corrected chi connectivity index (χ1v) is 9.77. The number of fused-ring (bicyclic) bond motifs is 1. The predicted octanol–water partition coefficient (Wildman–Crippen LogP) is 3.90. The first-order chi connectivity index (χ1) is 14.2. The maximum atomic E-state index is 13.2. The highest BCUT2D eigenvalue weighted by atomic mass is 19.4. The number of anilines is 1. The van der Waals surface area contributed by atoms with E-state index in [-0.39, 0.29) is 17.9 Å². The van der Waals surface area contributed by atoms with Crippen molar-refractivity contribution in [3.05, 3.63) is 47.2 Å². The van der Waals surface area contributed by atoms with Crippen molar-refractivity contribution in [2.75, 3.05) is 45.2 Å². The van der Waals surface area contributed by atoms with Gasteiger partial charge in [0.1, 0.15) is 5.75 Å². The van der Waals surface area contributed by atoms with Crippen LogP contribution < -0.4 is 9.64 Å². The van der Waals surface area contributed by atoms with Crippen molar-refractivity contribution in [3.63, 3.8) is 0 Å². The van der Waals surface area contributed by atoms with E-state index in [0.717, 1.165) is 43.5 Å². The summed E-state index contributed by atoms with van der Waals surface area (Å²) in [6.45, 7) is 10.0. The number of methoxy groups -OCH3 is 1. The Bertz CT molecular complexity index is 884. The lowest BCUT2D eigenvalue weighted by Gasteiger charge is -2.35. The minimum Gasteiger partial charge on any atom is -0.495 e. The van der Waals surface area contributed by atoms with E-state index in [2.05, 4.69) is 35.1 Å². The average Bonchev–Trinajstić information content (AvgIpc) is 3.01. The van der Waals surface area contributed by atoms with Gasteiger partial charge in [0, 0.05) is 44.1 Å². The summed E-state index contributed by atoms with van der Waals surface area (Å²) < 4.78 is 45.3. The van der Waals surface area contributed by atoms with Gasteiger partial charge in [-0.1, -0.05) is 12.7 Å². The van der Waals surface area contributed by atoms with Crippen LogP contribution in [0.5, 0.6) is 5.75 Å². The van der Waals surface area contributed by atoms with Crippen LogP contribution in [0.2, 0.25) is 0 Å². The van der Waals surface area contributed by atoms with Crippen molar-refractivity contribution in [2.45, 2.75) is 19.0 Å². The van der Waals surface area contributed by atoms with Gasteiger partial charge in [0.2, 0.25) is 0 Å². The number of hydrogen-bond donors (Lipinski definition) is 0. The van der Waals surface area contributed by atoms with Crippen molar-refractivity contribution >= 4 is 18.2 Å². The van der Waals surface area contributed by atoms with Crippen LogP contribution in [0.3, 0.4) is 0 Å². The van der Waals surface area contributed by atoms with Crippen molar-refractivity contribution in [2.24, 2.45) is 10.9 Å². The molecule has 1 aromatic rings. The van der Waals surface area contributed by atoms with Crippen LogP contribution in [0, 0.1) is 5.92 Å². The summed E-state index contributed by atoms with van der Waals surface area (Å²) >= 11 is 0. The number of carbonyl (C=O) groups is 1. The van der Waals surface area contributed by atoms with Crippen molar-refractivity contribution in [1.82, 2.24) is 4.90 Å². The molecule has 0 amide bonds. The molecule has 0 bridgehead atoms. The Morgan fingerprint density at radius 1 is 1.30 bits per heavy atom. The van der Waals surface area contributed by atoms with Gasteiger partial charge in [-0.2, -0.15) is 13.2 Å². The summed E-state index contributed by atoms with van der Waals surface area (Å²) in [4.78, 5) is 21.0. The molecule has 1 aliphatic carbocycles. The van der Waals surface area contributed by atoms with Gasteiger partial charge in [-0.3, -0.25) is 9.79 Å². The van der Waals surface area contributed by atoms with Crippen LogP contribution in [0.25, 0.3) is 0 Å². The molecule has 162 valence electrons. The zero-order valence-corrected chi connectivity index (χ0v) is 17.3. The lowest BCUT2D eigenvalue weighted by molar-refractivity contribution is -0.0892. The molecule has 8 heteroatoms. The molecule has 5 nitrogen and oxygen atoms in total. The first-order valence-electron chi connectivity index (χ1n) is 9.77. The van der Waals surface area contributed by atoms with Crippen molar-refractivity contribution < 1.29 is 22.7 Å². The highest BCUT2D eigenvalue weighted by Gasteiger charge is 2.38. The fourth-order valence-electron chi connectivity index (χ4n) is 4.10. The summed E-state index contributed by atoms with van der Waals surface area (Å²) in [6.07, 6.45) is -3.64. The number of ether oxygens (including phenoxy) is 1. The molecule has 1 saturated heterocycles. The maximum Gasteiger partial charge on any atom is 0.418 e. The number of likely N-dealkylation sites (N-methyl/N-ethyl adjacent to an activating group) is 1. The smallest absolute Gasteiger partial charge is 0.418 e. The van der Waals surface area contributed by atoms with E-state index < -0.39 is 17.7 Å². The highest BCUT2D eigenvalue weighted by molar-refractivity contribution is 6.03. The summed E-state index contributed by atoms with van der Waals surface area (Å²) in [5, 5.41) is 0. The predicted molar refractivity (Wildman–Crippen MR) is 112 cm³/mol. The van der Waals surface area contributed by atoms with E-state index in [1.807, 2.05) is 6.07 Å². The molecule has 30 heavy (non-hydrogen) atoms. The molecule has 0 saturated carbocycles. The van der Waals surface area contributed by atoms with E-state index in [9.17, 15) is 18.0 Å². The molecule has 0 N–H and O–H groups in total. The van der Waals surface area contributed by atoms with E-state index in [1.54, 1.807) is 13.2 Å². The maximum absolute atomic E-state index is 13.2. The number of hydrogen-bond acceptors (Lipinski definition) is 5. The van der Waals surface area contributed by atoms with E-state index in [1.165, 1.54) is 0 Å². The Morgan fingerprint density at radius 2 is 1.97 bits per heavy atom. The van der Waals surface area contributed by atoms with Gasteiger partial charge >= 0.3 is 6.18 Å². The Labute approximate surface area is 174 Å². The van der Waals surface area contributed by atoms with E-state index >= 15 is 0 Å². The topological polar surface area (TPSA) is 45.1 Å². The summed E-state index contributed by atoms with van der Waals surface area (Å²) in [6, 6.07) is 3.66. The molecular weight excluding hydrogens is 395 g/mol. The van der Waals surface area contributed by atoms with Gasteiger partial charge in [0.15, 0.2) is 5.78 Å². The molecule has 1 fully saturated rings. The van der Waals surface area contributed by atoms with Crippen molar-refractivity contribution in [1.29, 1.82) is 0 Å². The second-order valence-electron chi connectivity index (χ2n) is 7.66. The Kier molecular flexibility index (Phi) is 6.36. The number of aliphatic imine (C=N–C) groups is 1. The average molecular weight is 421 g/mol. The minimum absolute atomic E-state index is 0.135. The Balaban J connectivity index is 1.90. The molecular formula is C22H26F3N3O2. The third kappa shape index (κ3) is 4.28. The summed E-state index contributed by atoms with van der Waals surface area (Å²) in [7, 11) is 3.62. The number of carbonyl (C=O) groups excluding carboxylic acids is 1. The molecule has 1 atom stereocenters. The molecule has 1 heterocycles. The number of rotatable bonds is 6. The zero-order valence-electron chi connectivity index (χ0n) is 17.3. The molecule has 0 radical (unpaired) electrons. The summed E-state index contributed by atoms with van der Waals surface area (Å²) in [5.74, 6) is -0.211. The molecule has 3 rings (SSSR count). The molecule has 0 spiro atoms. The number of alkyl halides is 3. The van der Waals surface area contributed by atoms with Gasteiger partial charge in [-0.15, -0.1) is 0 Å². The number of Topliss-reactive ketones (excluding diaryl/α,β-unsaturated/α-hetero) is 1.